The van der Waals surface area contributed by atoms with Crippen molar-refractivity contribution in [3.63, 3.8) is 0 Å². The maximum atomic E-state index is 5.66. The molecule has 1 heterocycles. The first-order valence-corrected chi connectivity index (χ1v) is 4.98. The molecule has 1 aromatic heterocycles. The Hall–Kier alpha value is -1.29. The molecule has 14 heavy (non-hydrogen) atoms. The Bertz CT molecular complexity index is 439. The van der Waals surface area contributed by atoms with E-state index in [4.69, 9.17) is 10.3 Å². The maximum absolute atomic E-state index is 5.66. The van der Waals surface area contributed by atoms with Crippen molar-refractivity contribution in [2.45, 2.75) is 6.42 Å². The second kappa shape index (κ2) is 3.84. The van der Waals surface area contributed by atoms with Crippen LogP contribution >= 0.6 is 15.9 Å². The van der Waals surface area contributed by atoms with Gasteiger partial charge in [-0.1, -0.05) is 33.2 Å². The fourth-order valence-electron chi connectivity index (χ4n) is 1.24. The number of nitrogens with two attached hydrogens (primary N) is 1. The second-order valence-electron chi connectivity index (χ2n) is 3.01. The maximum Gasteiger partial charge on any atom is 0.163 e. The van der Waals surface area contributed by atoms with E-state index in [-0.39, 0.29) is 0 Å². The molecule has 2 rings (SSSR count). The van der Waals surface area contributed by atoms with Gasteiger partial charge in [0.05, 0.1) is 11.9 Å². The summed E-state index contributed by atoms with van der Waals surface area (Å²) in [6.07, 6.45) is 2.19. The summed E-state index contributed by atoms with van der Waals surface area (Å²) < 4.78 is 6.07. The van der Waals surface area contributed by atoms with E-state index >= 15 is 0 Å². The number of hydrogen-bond acceptors (Lipinski definition) is 3. The van der Waals surface area contributed by atoms with Crippen LogP contribution in [-0.4, -0.2) is 5.16 Å². The van der Waals surface area contributed by atoms with E-state index in [9.17, 15) is 0 Å². The Kier molecular flexibility index (Phi) is 2.54. The van der Waals surface area contributed by atoms with E-state index in [0.29, 0.717) is 17.9 Å². The lowest BCUT2D eigenvalue weighted by molar-refractivity contribution is 0.390. The van der Waals surface area contributed by atoms with Gasteiger partial charge in [-0.15, -0.1) is 0 Å². The highest BCUT2D eigenvalue weighted by Gasteiger charge is 2.05. The normalized spacial score (nSPS) is 10.4. The van der Waals surface area contributed by atoms with Crippen LogP contribution in [0.15, 0.2) is 39.5 Å². The van der Waals surface area contributed by atoms with Crippen LogP contribution in [0.4, 0.5) is 5.69 Å². The van der Waals surface area contributed by atoms with Crippen molar-refractivity contribution < 1.29 is 4.52 Å². The topological polar surface area (TPSA) is 52.0 Å². The summed E-state index contributed by atoms with van der Waals surface area (Å²) in [5, 5.41) is 3.63. The Morgan fingerprint density at radius 1 is 1.43 bits per heavy atom. The summed E-state index contributed by atoms with van der Waals surface area (Å²) in [7, 11) is 0. The molecule has 0 spiro atoms. The molecule has 0 amide bonds. The minimum atomic E-state index is 0.602. The van der Waals surface area contributed by atoms with E-state index in [1.54, 1.807) is 0 Å². The van der Waals surface area contributed by atoms with Gasteiger partial charge in [0.25, 0.3) is 0 Å². The Balaban J connectivity index is 2.23. The van der Waals surface area contributed by atoms with Gasteiger partial charge in [-0.2, -0.15) is 0 Å². The molecule has 0 unspecified atom stereocenters. The number of anilines is 1. The zero-order chi connectivity index (χ0) is 9.97. The fraction of sp³-hybridized carbons (Fsp3) is 0.100. The van der Waals surface area contributed by atoms with Crippen molar-refractivity contribution in [1.29, 1.82) is 0 Å². The van der Waals surface area contributed by atoms with Crippen molar-refractivity contribution >= 4 is 21.6 Å². The van der Waals surface area contributed by atoms with Crippen LogP contribution in [0, 0.1) is 0 Å². The Morgan fingerprint density at radius 3 is 2.93 bits per heavy atom. The van der Waals surface area contributed by atoms with Gasteiger partial charge in [-0.25, -0.2) is 0 Å². The minimum Gasteiger partial charge on any atom is -0.395 e. The average Bonchev–Trinajstić information content (AvgIpc) is 2.52. The second-order valence-corrected chi connectivity index (χ2v) is 3.93. The van der Waals surface area contributed by atoms with Crippen molar-refractivity contribution in [1.82, 2.24) is 5.16 Å². The van der Waals surface area contributed by atoms with E-state index in [1.807, 2.05) is 24.3 Å². The predicted molar refractivity (Wildman–Crippen MR) is 57.9 cm³/mol. The van der Waals surface area contributed by atoms with Crippen molar-refractivity contribution in [2.24, 2.45) is 0 Å². The molecule has 3 nitrogen and oxygen atoms in total. The van der Waals surface area contributed by atoms with E-state index < -0.39 is 0 Å². The fourth-order valence-corrected chi connectivity index (χ4v) is 1.68. The number of halogens is 1. The Morgan fingerprint density at radius 2 is 2.29 bits per heavy atom. The summed E-state index contributed by atoms with van der Waals surface area (Å²) in [5.41, 5.74) is 7.40. The van der Waals surface area contributed by atoms with E-state index in [0.717, 1.165) is 10.0 Å². The monoisotopic (exact) mass is 252 g/mol. The van der Waals surface area contributed by atoms with Gasteiger partial charge in [0.1, 0.15) is 0 Å². The molecular weight excluding hydrogens is 244 g/mol. The third kappa shape index (κ3) is 1.96. The number of nitrogens with zero attached hydrogens (tertiary/aromatic N) is 1. The smallest absolute Gasteiger partial charge is 0.163 e. The van der Waals surface area contributed by atoms with Crippen LogP contribution < -0.4 is 5.73 Å². The first-order valence-electron chi connectivity index (χ1n) is 4.19. The summed E-state index contributed by atoms with van der Waals surface area (Å²) >= 11 is 3.41. The lowest BCUT2D eigenvalue weighted by Gasteiger charge is -1.98. The van der Waals surface area contributed by atoms with Gasteiger partial charge in [-0.05, 0) is 17.7 Å². The third-order valence-electron chi connectivity index (χ3n) is 1.93. The van der Waals surface area contributed by atoms with Crippen LogP contribution in [0.5, 0.6) is 0 Å². The quantitative estimate of drug-likeness (QED) is 0.894. The molecule has 0 saturated heterocycles. The third-order valence-corrected chi connectivity index (χ3v) is 2.42. The molecule has 0 bridgehead atoms. The molecule has 0 aliphatic rings. The Labute approximate surface area is 90.0 Å². The number of hydrogen-bond donors (Lipinski definition) is 1. The van der Waals surface area contributed by atoms with Gasteiger partial charge in [-0.3, -0.25) is 0 Å². The van der Waals surface area contributed by atoms with Gasteiger partial charge in [0.2, 0.25) is 0 Å². The largest absolute Gasteiger partial charge is 0.395 e. The minimum absolute atomic E-state index is 0.602. The standard InChI is InChI=1S/C10H9BrN2O/c11-8-3-1-2-7(4-8)5-10-9(12)6-13-14-10/h1-4,6H,5,12H2. The van der Waals surface area contributed by atoms with E-state index in [2.05, 4.69) is 21.1 Å². The zero-order valence-corrected chi connectivity index (χ0v) is 8.99. The molecule has 1 aromatic carbocycles. The average molecular weight is 253 g/mol. The highest BCUT2D eigenvalue weighted by Crippen LogP contribution is 2.18. The molecule has 4 heteroatoms. The molecule has 2 aromatic rings. The van der Waals surface area contributed by atoms with Crippen LogP contribution in [0.25, 0.3) is 0 Å². The molecule has 0 atom stereocenters. The van der Waals surface area contributed by atoms with Crippen LogP contribution in [0.3, 0.4) is 0 Å². The summed E-state index contributed by atoms with van der Waals surface area (Å²) in [4.78, 5) is 0. The summed E-state index contributed by atoms with van der Waals surface area (Å²) in [5.74, 6) is 0.711. The number of aromatic nitrogens is 1. The van der Waals surface area contributed by atoms with Gasteiger partial charge >= 0.3 is 0 Å². The lowest BCUT2D eigenvalue weighted by atomic mass is 10.1. The van der Waals surface area contributed by atoms with Crippen molar-refractivity contribution in [3.8, 4) is 0 Å². The first kappa shape index (κ1) is 9.27. The van der Waals surface area contributed by atoms with Crippen molar-refractivity contribution in [3.05, 3.63) is 46.3 Å². The molecule has 0 radical (unpaired) electrons. The first-order chi connectivity index (χ1) is 6.75. The highest BCUT2D eigenvalue weighted by atomic mass is 79.9. The van der Waals surface area contributed by atoms with Gasteiger partial charge in [0.15, 0.2) is 5.76 Å². The van der Waals surface area contributed by atoms with Gasteiger partial charge in [0, 0.05) is 10.9 Å². The molecule has 72 valence electrons. The van der Waals surface area contributed by atoms with Crippen LogP contribution in [0.2, 0.25) is 0 Å². The molecule has 2 N–H and O–H groups in total. The lowest BCUT2D eigenvalue weighted by Crippen LogP contribution is -1.91. The number of nitrogen functional groups attached to an aromatic ring is 1. The SMILES string of the molecule is Nc1cnoc1Cc1cccc(Br)c1. The molecule has 0 aliphatic carbocycles. The number of rotatable bonds is 2. The zero-order valence-electron chi connectivity index (χ0n) is 7.40. The van der Waals surface area contributed by atoms with Crippen LogP contribution in [-0.2, 0) is 6.42 Å². The van der Waals surface area contributed by atoms with Gasteiger partial charge < -0.3 is 10.3 Å². The summed E-state index contributed by atoms with van der Waals surface area (Å²) in [6.45, 7) is 0. The molecule has 0 fully saturated rings. The molecule has 0 saturated carbocycles. The number of benzene rings is 1. The molecular formula is C10H9BrN2O. The predicted octanol–water partition coefficient (Wildman–Crippen LogP) is 2.61. The van der Waals surface area contributed by atoms with E-state index in [1.165, 1.54) is 6.20 Å². The van der Waals surface area contributed by atoms with Crippen molar-refractivity contribution in [2.75, 3.05) is 5.73 Å². The molecule has 0 aliphatic heterocycles. The highest BCUT2D eigenvalue weighted by molar-refractivity contribution is 9.10. The summed E-state index contributed by atoms with van der Waals surface area (Å²) in [6, 6.07) is 8.01. The van der Waals surface area contributed by atoms with Crippen LogP contribution in [0.1, 0.15) is 11.3 Å².